The van der Waals surface area contributed by atoms with E-state index in [4.69, 9.17) is 0 Å². The van der Waals surface area contributed by atoms with Crippen LogP contribution in [0.5, 0.6) is 5.75 Å². The van der Waals surface area contributed by atoms with Crippen LogP contribution >= 0.6 is 0 Å². The highest BCUT2D eigenvalue weighted by atomic mass is 32.2. The monoisotopic (exact) mass is 538 g/mol. The van der Waals surface area contributed by atoms with E-state index in [2.05, 4.69) is 5.10 Å². The molecule has 5 rings (SSSR count). The fraction of sp³-hybridized carbons (Fsp3) is 0.185. The maximum Gasteiger partial charge on any atom is 0.281 e. The summed E-state index contributed by atoms with van der Waals surface area (Å²) in [5.74, 6) is -1.79. The number of sulfonamides is 1. The summed E-state index contributed by atoms with van der Waals surface area (Å²) in [6, 6.07) is 17.6. The van der Waals surface area contributed by atoms with E-state index in [-0.39, 0.29) is 35.8 Å². The third kappa shape index (κ3) is 5.29. The number of aromatic hydroxyl groups is 1. The quantitative estimate of drug-likeness (QED) is 0.404. The molecule has 1 aromatic heterocycles. The minimum absolute atomic E-state index is 0.00844. The highest BCUT2D eigenvalue weighted by Crippen LogP contribution is 2.30. The molecule has 0 unspecified atom stereocenters. The molecular weight excluding hydrogens is 514 g/mol. The third-order valence-electron chi connectivity index (χ3n) is 6.37. The van der Waals surface area contributed by atoms with Gasteiger partial charge in [-0.3, -0.25) is 4.79 Å². The molecule has 0 bridgehead atoms. The molecule has 0 amide bonds. The summed E-state index contributed by atoms with van der Waals surface area (Å²) < 4.78 is 56.1. The lowest BCUT2D eigenvalue weighted by Gasteiger charge is -2.36. The third-order valence-corrected chi connectivity index (χ3v) is 8.22. The molecule has 1 N–H and O–H groups in total. The minimum atomic E-state index is -3.54. The Hall–Kier alpha value is -4.09. The molecular formula is C27H24F2N4O4S. The maximum atomic E-state index is 13.9. The lowest BCUT2D eigenvalue weighted by Crippen LogP contribution is -2.49. The molecule has 3 aromatic carbocycles. The Bertz CT molecular complexity index is 1600. The Labute approximate surface area is 218 Å². The van der Waals surface area contributed by atoms with Gasteiger partial charge in [0.25, 0.3) is 5.56 Å². The smallest absolute Gasteiger partial charge is 0.281 e. The molecule has 4 aromatic rings. The molecule has 0 spiro atoms. The van der Waals surface area contributed by atoms with Gasteiger partial charge in [-0.25, -0.2) is 17.2 Å². The zero-order chi connectivity index (χ0) is 26.9. The number of halogens is 2. The number of piperazine rings is 1. The normalized spacial score (nSPS) is 14.5. The van der Waals surface area contributed by atoms with E-state index in [0.717, 1.165) is 16.8 Å². The van der Waals surface area contributed by atoms with E-state index >= 15 is 0 Å². The minimum Gasteiger partial charge on any atom is -0.508 e. The first-order valence-corrected chi connectivity index (χ1v) is 13.5. The largest absolute Gasteiger partial charge is 0.508 e. The zero-order valence-corrected chi connectivity index (χ0v) is 21.0. The number of rotatable bonds is 6. The average molecular weight is 539 g/mol. The number of nitrogens with zero attached hydrogens (tertiary/aromatic N) is 4. The molecule has 11 heteroatoms. The van der Waals surface area contributed by atoms with Gasteiger partial charge in [0.05, 0.1) is 28.9 Å². The first-order valence-electron chi connectivity index (χ1n) is 11.9. The summed E-state index contributed by atoms with van der Waals surface area (Å²) in [5, 5.41) is 13.9. The first kappa shape index (κ1) is 25.6. The number of hydrogen-bond acceptors (Lipinski definition) is 6. The maximum absolute atomic E-state index is 13.9. The molecule has 0 atom stereocenters. The lowest BCUT2D eigenvalue weighted by atomic mass is 10.0. The van der Waals surface area contributed by atoms with Crippen LogP contribution < -0.4 is 10.5 Å². The second kappa shape index (κ2) is 10.3. The van der Waals surface area contributed by atoms with Gasteiger partial charge in [0, 0.05) is 32.2 Å². The number of anilines is 1. The van der Waals surface area contributed by atoms with Gasteiger partial charge >= 0.3 is 0 Å². The van der Waals surface area contributed by atoms with Crippen LogP contribution in [0.15, 0.2) is 83.8 Å². The zero-order valence-electron chi connectivity index (χ0n) is 20.2. The fourth-order valence-electron chi connectivity index (χ4n) is 4.51. The molecule has 1 saturated heterocycles. The van der Waals surface area contributed by atoms with Gasteiger partial charge in [0.1, 0.15) is 17.4 Å². The number of phenolic OH excluding ortho intramolecular Hbond substituents is 1. The molecule has 0 saturated carbocycles. The average Bonchev–Trinajstić information content (AvgIpc) is 2.89. The van der Waals surface area contributed by atoms with Crippen LogP contribution in [0.2, 0.25) is 0 Å². The molecule has 1 fully saturated rings. The van der Waals surface area contributed by atoms with Gasteiger partial charge in [-0.05, 0) is 35.4 Å². The fourth-order valence-corrected chi connectivity index (χ4v) is 6.03. The second-order valence-electron chi connectivity index (χ2n) is 8.92. The van der Waals surface area contributed by atoms with E-state index < -0.39 is 27.2 Å². The van der Waals surface area contributed by atoms with E-state index in [1.807, 2.05) is 11.0 Å². The van der Waals surface area contributed by atoms with E-state index in [1.54, 1.807) is 36.4 Å². The van der Waals surface area contributed by atoms with Crippen molar-refractivity contribution in [2.24, 2.45) is 0 Å². The first-order chi connectivity index (χ1) is 18.2. The van der Waals surface area contributed by atoms with Crippen LogP contribution in [0.1, 0.15) is 5.56 Å². The van der Waals surface area contributed by atoms with Gasteiger partial charge in [0.15, 0.2) is 0 Å². The summed E-state index contributed by atoms with van der Waals surface area (Å²) in [4.78, 5) is 15.5. The summed E-state index contributed by atoms with van der Waals surface area (Å²) >= 11 is 0. The number of benzene rings is 3. The van der Waals surface area contributed by atoms with Crippen LogP contribution in [-0.2, 0) is 15.8 Å². The summed E-state index contributed by atoms with van der Waals surface area (Å²) in [5.41, 5.74) is 1.15. The van der Waals surface area contributed by atoms with Gasteiger partial charge in [-0.1, -0.05) is 42.5 Å². The number of aromatic nitrogens is 2. The Balaban J connectivity index is 1.47. The molecule has 0 radical (unpaired) electrons. The Morgan fingerprint density at radius 2 is 1.50 bits per heavy atom. The molecule has 196 valence electrons. The van der Waals surface area contributed by atoms with E-state index in [9.17, 15) is 27.1 Å². The van der Waals surface area contributed by atoms with Crippen LogP contribution in [0.25, 0.3) is 16.8 Å². The molecule has 1 aliphatic rings. The topological polar surface area (TPSA) is 95.7 Å². The van der Waals surface area contributed by atoms with Gasteiger partial charge in [-0.2, -0.15) is 14.1 Å². The van der Waals surface area contributed by atoms with E-state index in [1.165, 1.54) is 22.6 Å². The standard InChI is InChI=1S/C27H24F2N4O4S/c28-21-14-22(29)16-23(15-21)33-27(35)26(20-6-8-24(34)9-7-20)25(17-30-33)31-10-12-32(13-11-31)38(36,37)18-19-4-2-1-3-5-19/h1-9,14-17,34H,10-13,18H2. The van der Waals surface area contributed by atoms with Crippen molar-refractivity contribution in [3.63, 3.8) is 0 Å². The SMILES string of the molecule is O=c1c(-c2ccc(O)cc2)c(N2CCN(S(=O)(=O)Cc3ccccc3)CC2)cnn1-c1cc(F)cc(F)c1. The van der Waals surface area contributed by atoms with Crippen molar-refractivity contribution in [2.45, 2.75) is 5.75 Å². The molecule has 1 aliphatic heterocycles. The van der Waals surface area contributed by atoms with Crippen molar-refractivity contribution < 1.29 is 22.3 Å². The van der Waals surface area contributed by atoms with Crippen molar-refractivity contribution in [3.05, 3.63) is 107 Å². The van der Waals surface area contributed by atoms with Crippen LogP contribution in [0.4, 0.5) is 14.5 Å². The summed E-state index contributed by atoms with van der Waals surface area (Å²) in [7, 11) is -3.54. The molecule has 8 nitrogen and oxygen atoms in total. The summed E-state index contributed by atoms with van der Waals surface area (Å²) in [6.07, 6.45) is 1.43. The van der Waals surface area contributed by atoms with Crippen molar-refractivity contribution in [3.8, 4) is 22.6 Å². The van der Waals surface area contributed by atoms with Crippen molar-refractivity contribution in [2.75, 3.05) is 31.1 Å². The van der Waals surface area contributed by atoms with E-state index in [0.29, 0.717) is 36.0 Å². The number of phenols is 1. The Morgan fingerprint density at radius 3 is 2.13 bits per heavy atom. The lowest BCUT2D eigenvalue weighted by molar-refractivity contribution is 0.384. The van der Waals surface area contributed by atoms with Crippen LogP contribution in [0, 0.1) is 11.6 Å². The van der Waals surface area contributed by atoms with Gasteiger partial charge < -0.3 is 10.0 Å². The predicted molar refractivity (Wildman–Crippen MR) is 140 cm³/mol. The van der Waals surface area contributed by atoms with Crippen LogP contribution in [0.3, 0.4) is 0 Å². The highest BCUT2D eigenvalue weighted by molar-refractivity contribution is 7.88. The summed E-state index contributed by atoms with van der Waals surface area (Å²) in [6.45, 7) is 1.03. The predicted octanol–water partition coefficient (Wildman–Crippen LogP) is 3.54. The van der Waals surface area contributed by atoms with Gasteiger partial charge in [0.2, 0.25) is 10.0 Å². The molecule has 0 aliphatic carbocycles. The van der Waals surface area contributed by atoms with Crippen molar-refractivity contribution in [1.82, 2.24) is 14.1 Å². The van der Waals surface area contributed by atoms with Crippen LogP contribution in [-0.4, -0.2) is 53.8 Å². The molecule has 2 heterocycles. The molecule has 38 heavy (non-hydrogen) atoms. The second-order valence-corrected chi connectivity index (χ2v) is 10.9. The van der Waals surface area contributed by atoms with Crippen molar-refractivity contribution >= 4 is 15.7 Å². The Morgan fingerprint density at radius 1 is 0.868 bits per heavy atom. The van der Waals surface area contributed by atoms with Crippen molar-refractivity contribution in [1.29, 1.82) is 0 Å². The highest BCUT2D eigenvalue weighted by Gasteiger charge is 2.29. The number of hydrogen-bond donors (Lipinski definition) is 1. The Kier molecular flexibility index (Phi) is 6.96. The van der Waals surface area contributed by atoms with Gasteiger partial charge in [-0.15, -0.1) is 0 Å².